The van der Waals surface area contributed by atoms with E-state index in [-0.39, 0.29) is 16.8 Å². The van der Waals surface area contributed by atoms with E-state index in [1.165, 1.54) is 26.0 Å². The summed E-state index contributed by atoms with van der Waals surface area (Å²) in [5.74, 6) is -0.798. The summed E-state index contributed by atoms with van der Waals surface area (Å²) in [6.45, 7) is 4.13. The lowest BCUT2D eigenvalue weighted by Crippen LogP contribution is -2.53. The van der Waals surface area contributed by atoms with Gasteiger partial charge in [0.05, 0.1) is 13.2 Å². The molecule has 2 aromatic carbocycles. The third-order valence-electron chi connectivity index (χ3n) is 6.26. The highest BCUT2D eigenvalue weighted by atomic mass is 19.4. The van der Waals surface area contributed by atoms with E-state index in [2.05, 4.69) is 10.3 Å². The molecule has 0 radical (unpaired) electrons. The van der Waals surface area contributed by atoms with Gasteiger partial charge in [0.2, 0.25) is 0 Å². The Morgan fingerprint density at radius 1 is 1.09 bits per heavy atom. The topological polar surface area (TPSA) is 54.4 Å². The fraction of sp³-hybridized carbons (Fsp3) is 0.400. The average molecular weight is 480 g/mol. The Morgan fingerprint density at radius 3 is 2.53 bits per heavy atom. The van der Waals surface area contributed by atoms with E-state index >= 15 is 0 Å². The molecule has 0 bridgehead atoms. The van der Waals surface area contributed by atoms with Crippen molar-refractivity contribution in [3.8, 4) is 5.75 Å². The highest BCUT2D eigenvalue weighted by Crippen LogP contribution is 2.46. The standard InChI is InChI=1S/C25H25F5N2O2/c1-14-4-5-17-20(7-6-19(27)21(17)32-14)31-13-24(33,25(28,29)30)12-23(2,3)18-11-16(26)10-15-8-9-34-22(15)18/h4-7,10-11,31,33H,8-9,12-13H2,1-3H3/t24-/m1/s1. The van der Waals surface area contributed by atoms with Gasteiger partial charge in [-0.05, 0) is 55.2 Å². The van der Waals surface area contributed by atoms with E-state index in [1.54, 1.807) is 19.1 Å². The SMILES string of the molecule is Cc1ccc2c(NC[C@](O)(CC(C)(C)c3cc(F)cc4c3OCC4)C(F)(F)F)ccc(F)c2n1. The number of aliphatic hydroxyl groups is 1. The van der Waals surface area contributed by atoms with Crippen molar-refractivity contribution < 1.29 is 31.8 Å². The van der Waals surface area contributed by atoms with Crippen LogP contribution in [0.25, 0.3) is 10.9 Å². The molecule has 1 atom stereocenters. The maximum atomic E-state index is 14.2. The average Bonchev–Trinajstić information content (AvgIpc) is 3.20. The summed E-state index contributed by atoms with van der Waals surface area (Å²) in [5, 5.41) is 13.8. The van der Waals surface area contributed by atoms with Gasteiger partial charge in [0.15, 0.2) is 5.60 Å². The van der Waals surface area contributed by atoms with Crippen molar-refractivity contribution in [1.82, 2.24) is 4.98 Å². The summed E-state index contributed by atoms with van der Waals surface area (Å²) in [6, 6.07) is 8.08. The zero-order valence-electron chi connectivity index (χ0n) is 19.0. The molecule has 0 amide bonds. The smallest absolute Gasteiger partial charge is 0.418 e. The molecule has 2 heterocycles. The van der Waals surface area contributed by atoms with Crippen molar-refractivity contribution in [2.24, 2.45) is 0 Å². The summed E-state index contributed by atoms with van der Waals surface area (Å²) < 4.78 is 76.5. The van der Waals surface area contributed by atoms with Gasteiger partial charge in [-0.2, -0.15) is 13.2 Å². The quantitative estimate of drug-likeness (QED) is 0.436. The Morgan fingerprint density at radius 2 is 1.82 bits per heavy atom. The molecule has 1 aliphatic rings. The van der Waals surface area contributed by atoms with Gasteiger partial charge in [-0.3, -0.25) is 0 Å². The normalized spacial score (nSPS) is 15.7. The number of pyridine rings is 1. The fourth-order valence-corrected chi connectivity index (χ4v) is 4.54. The van der Waals surface area contributed by atoms with Gasteiger partial charge in [0, 0.05) is 34.3 Å². The lowest BCUT2D eigenvalue weighted by atomic mass is 9.74. The molecule has 1 aromatic heterocycles. The lowest BCUT2D eigenvalue weighted by Gasteiger charge is -2.38. The second-order valence-corrected chi connectivity index (χ2v) is 9.43. The Labute approximate surface area is 193 Å². The van der Waals surface area contributed by atoms with E-state index in [0.717, 1.165) is 12.1 Å². The number of nitrogens with zero attached hydrogens (tertiary/aromatic N) is 1. The number of ether oxygens (including phenoxy) is 1. The molecule has 0 saturated carbocycles. The Hall–Kier alpha value is -2.94. The van der Waals surface area contributed by atoms with Crippen LogP contribution in [0.4, 0.5) is 27.6 Å². The van der Waals surface area contributed by atoms with Gasteiger partial charge < -0.3 is 15.2 Å². The zero-order chi connectivity index (χ0) is 24.9. The number of alkyl halides is 3. The van der Waals surface area contributed by atoms with Crippen molar-refractivity contribution >= 4 is 16.6 Å². The van der Waals surface area contributed by atoms with Gasteiger partial charge in [-0.1, -0.05) is 13.8 Å². The van der Waals surface area contributed by atoms with E-state index in [9.17, 15) is 27.1 Å². The number of halogens is 5. The molecule has 0 aliphatic carbocycles. The fourth-order valence-electron chi connectivity index (χ4n) is 4.54. The van der Waals surface area contributed by atoms with Gasteiger partial charge in [-0.15, -0.1) is 0 Å². The summed E-state index contributed by atoms with van der Waals surface area (Å²) in [6.07, 6.45) is -5.29. The summed E-state index contributed by atoms with van der Waals surface area (Å²) in [7, 11) is 0. The van der Waals surface area contributed by atoms with Crippen LogP contribution in [0.15, 0.2) is 36.4 Å². The van der Waals surface area contributed by atoms with Gasteiger partial charge in [0.1, 0.15) is 22.9 Å². The Bertz CT molecular complexity index is 1240. The van der Waals surface area contributed by atoms with E-state index < -0.39 is 41.8 Å². The number of aromatic nitrogens is 1. The highest BCUT2D eigenvalue weighted by Gasteiger charge is 2.56. The number of aryl methyl sites for hydroxylation is 1. The molecule has 0 saturated heterocycles. The molecule has 3 aromatic rings. The summed E-state index contributed by atoms with van der Waals surface area (Å²) in [5.41, 5.74) is -2.80. The van der Waals surface area contributed by atoms with Crippen LogP contribution in [0.1, 0.15) is 37.1 Å². The predicted molar refractivity (Wildman–Crippen MR) is 119 cm³/mol. The van der Waals surface area contributed by atoms with Crippen LogP contribution in [0.3, 0.4) is 0 Å². The van der Waals surface area contributed by atoms with Crippen LogP contribution < -0.4 is 10.1 Å². The molecule has 9 heteroatoms. The molecule has 4 rings (SSSR count). The minimum atomic E-state index is -5.00. The molecule has 1 aliphatic heterocycles. The molecule has 4 nitrogen and oxygen atoms in total. The molecule has 0 unspecified atom stereocenters. The van der Waals surface area contributed by atoms with Crippen molar-refractivity contribution in [1.29, 1.82) is 0 Å². The van der Waals surface area contributed by atoms with Crippen molar-refractivity contribution in [3.05, 3.63) is 64.9 Å². The van der Waals surface area contributed by atoms with Gasteiger partial charge >= 0.3 is 6.18 Å². The molecule has 0 spiro atoms. The number of hydrogen-bond donors (Lipinski definition) is 2. The second kappa shape index (κ2) is 8.37. The van der Waals surface area contributed by atoms with Crippen LogP contribution >= 0.6 is 0 Å². The predicted octanol–water partition coefficient (Wildman–Crippen LogP) is 5.83. The first-order valence-electron chi connectivity index (χ1n) is 10.9. The molecule has 182 valence electrons. The summed E-state index contributed by atoms with van der Waals surface area (Å²) >= 11 is 0. The number of rotatable bonds is 6. The van der Waals surface area contributed by atoms with Gasteiger partial charge in [0.25, 0.3) is 0 Å². The first-order valence-corrected chi connectivity index (χ1v) is 10.9. The van der Waals surface area contributed by atoms with Crippen molar-refractivity contribution in [3.63, 3.8) is 0 Å². The minimum Gasteiger partial charge on any atom is -0.493 e. The number of benzene rings is 2. The zero-order valence-corrected chi connectivity index (χ0v) is 19.0. The number of anilines is 1. The first kappa shape index (κ1) is 24.2. The molecular formula is C25H25F5N2O2. The number of hydrogen-bond acceptors (Lipinski definition) is 4. The molecule has 2 N–H and O–H groups in total. The maximum absolute atomic E-state index is 14.2. The second-order valence-electron chi connectivity index (χ2n) is 9.43. The molecule has 0 fully saturated rings. The Balaban J connectivity index is 1.67. The Kier molecular flexibility index (Phi) is 5.96. The van der Waals surface area contributed by atoms with E-state index in [0.29, 0.717) is 35.4 Å². The van der Waals surface area contributed by atoms with Crippen molar-refractivity contribution in [2.75, 3.05) is 18.5 Å². The summed E-state index contributed by atoms with van der Waals surface area (Å²) in [4.78, 5) is 4.12. The largest absolute Gasteiger partial charge is 0.493 e. The van der Waals surface area contributed by atoms with Crippen LogP contribution in [0.5, 0.6) is 5.75 Å². The minimum absolute atomic E-state index is 0.0216. The maximum Gasteiger partial charge on any atom is 0.418 e. The van der Waals surface area contributed by atoms with Crippen LogP contribution in [-0.4, -0.2) is 35.0 Å². The number of fused-ring (bicyclic) bond motifs is 2. The lowest BCUT2D eigenvalue weighted by molar-refractivity contribution is -0.260. The van der Waals surface area contributed by atoms with Crippen LogP contribution in [0.2, 0.25) is 0 Å². The van der Waals surface area contributed by atoms with Crippen LogP contribution in [-0.2, 0) is 11.8 Å². The molecular weight excluding hydrogens is 455 g/mol. The van der Waals surface area contributed by atoms with Crippen LogP contribution in [0, 0.1) is 18.6 Å². The van der Waals surface area contributed by atoms with Gasteiger partial charge in [-0.25, -0.2) is 13.8 Å². The first-order chi connectivity index (χ1) is 15.8. The number of nitrogens with one attached hydrogen (secondary N) is 1. The monoisotopic (exact) mass is 480 g/mol. The molecule has 34 heavy (non-hydrogen) atoms. The third kappa shape index (κ3) is 4.41. The van der Waals surface area contributed by atoms with E-state index in [4.69, 9.17) is 4.74 Å². The van der Waals surface area contributed by atoms with Crippen molar-refractivity contribution in [2.45, 2.75) is 50.8 Å². The third-order valence-corrected chi connectivity index (χ3v) is 6.26. The van der Waals surface area contributed by atoms with E-state index in [1.807, 2.05) is 0 Å². The highest BCUT2D eigenvalue weighted by molar-refractivity contribution is 5.91.